The van der Waals surface area contributed by atoms with Gasteiger partial charge in [0.1, 0.15) is 16.8 Å². The van der Waals surface area contributed by atoms with Crippen molar-refractivity contribution in [1.82, 2.24) is 4.98 Å². The number of allylic oxidation sites excluding steroid dienone is 1. The van der Waals surface area contributed by atoms with Crippen LogP contribution in [0.25, 0.3) is 17.0 Å². The minimum atomic E-state index is -4.17. The van der Waals surface area contributed by atoms with Crippen molar-refractivity contribution in [2.45, 2.75) is 24.2 Å². The summed E-state index contributed by atoms with van der Waals surface area (Å²) in [5.74, 6) is 0.679. The number of piperidine rings is 1. The molecule has 0 unspecified atom stereocenters. The molecule has 0 saturated carbocycles. The van der Waals surface area contributed by atoms with E-state index in [-0.39, 0.29) is 14.9 Å². The predicted octanol–water partition coefficient (Wildman–Crippen LogP) is 5.87. The van der Waals surface area contributed by atoms with Crippen LogP contribution in [0.5, 0.6) is 0 Å². The number of nitrogens with zero attached hydrogens (tertiary/aromatic N) is 3. The summed E-state index contributed by atoms with van der Waals surface area (Å²) in [6.07, 6.45) is 4.62. The highest BCUT2D eigenvalue weighted by atomic mass is 35.5. The minimum Gasteiger partial charge on any atom is -0.356 e. The Kier molecular flexibility index (Phi) is 6.19. The van der Waals surface area contributed by atoms with E-state index in [1.807, 2.05) is 36.4 Å². The fourth-order valence-electron chi connectivity index (χ4n) is 3.70. The molecule has 158 valence electrons. The Morgan fingerprint density at radius 2 is 1.81 bits per heavy atom. The number of anilines is 1. The zero-order valence-electron chi connectivity index (χ0n) is 16.6. The van der Waals surface area contributed by atoms with Gasteiger partial charge in [0, 0.05) is 29.1 Å². The third-order valence-electron chi connectivity index (χ3n) is 5.26. The molecule has 0 amide bonds. The van der Waals surface area contributed by atoms with E-state index >= 15 is 0 Å². The maximum absolute atomic E-state index is 13.2. The van der Waals surface area contributed by atoms with Crippen LogP contribution in [0.2, 0.25) is 10.0 Å². The van der Waals surface area contributed by atoms with Gasteiger partial charge in [0.25, 0.3) is 0 Å². The molecule has 0 radical (unpaired) electrons. The lowest BCUT2D eigenvalue weighted by atomic mass is 10.1. The average molecular weight is 472 g/mol. The van der Waals surface area contributed by atoms with E-state index in [1.54, 1.807) is 0 Å². The van der Waals surface area contributed by atoms with E-state index in [1.165, 1.54) is 24.3 Å². The molecule has 0 atom stereocenters. The minimum absolute atomic E-state index is 0.0124. The van der Waals surface area contributed by atoms with Crippen LogP contribution < -0.4 is 4.90 Å². The van der Waals surface area contributed by atoms with Crippen molar-refractivity contribution in [3.63, 3.8) is 0 Å². The molecule has 0 bridgehead atoms. The molecule has 0 N–H and O–H groups in total. The average Bonchev–Trinajstić information content (AvgIpc) is 2.78. The largest absolute Gasteiger partial charge is 0.356 e. The van der Waals surface area contributed by atoms with Crippen LogP contribution in [-0.2, 0) is 9.84 Å². The van der Waals surface area contributed by atoms with Crippen LogP contribution in [0.3, 0.4) is 0 Å². The lowest BCUT2D eigenvalue weighted by molar-refractivity contribution is 0.574. The van der Waals surface area contributed by atoms with Crippen molar-refractivity contribution in [3.05, 3.63) is 69.0 Å². The molecule has 1 saturated heterocycles. The molecule has 0 aliphatic carbocycles. The van der Waals surface area contributed by atoms with Gasteiger partial charge < -0.3 is 4.90 Å². The van der Waals surface area contributed by atoms with Crippen LogP contribution in [0.4, 0.5) is 5.82 Å². The summed E-state index contributed by atoms with van der Waals surface area (Å²) in [5, 5.41) is 10.9. The van der Waals surface area contributed by atoms with Crippen molar-refractivity contribution in [3.8, 4) is 6.07 Å². The molecule has 1 fully saturated rings. The highest BCUT2D eigenvalue weighted by molar-refractivity contribution is 7.95. The maximum Gasteiger partial charge on any atom is 0.218 e. The van der Waals surface area contributed by atoms with E-state index in [9.17, 15) is 13.7 Å². The maximum atomic E-state index is 13.2. The van der Waals surface area contributed by atoms with Gasteiger partial charge in [-0.15, -0.1) is 0 Å². The summed E-state index contributed by atoms with van der Waals surface area (Å²) in [7, 11) is -4.17. The van der Waals surface area contributed by atoms with Crippen LogP contribution in [0, 0.1) is 11.3 Å². The third-order valence-corrected chi connectivity index (χ3v) is 7.64. The number of benzene rings is 2. The first-order valence-electron chi connectivity index (χ1n) is 9.87. The molecular formula is C23H19Cl2N3O2S. The summed E-state index contributed by atoms with van der Waals surface area (Å²) in [5.41, 5.74) is 1.40. The Bertz CT molecular complexity index is 1320. The zero-order chi connectivity index (χ0) is 22.0. The molecule has 2 aromatic carbocycles. The summed E-state index contributed by atoms with van der Waals surface area (Å²) in [6.45, 7) is 1.67. The molecule has 1 aliphatic rings. The quantitative estimate of drug-likeness (QED) is 0.444. The van der Waals surface area contributed by atoms with Crippen molar-refractivity contribution in [2.24, 2.45) is 0 Å². The molecule has 31 heavy (non-hydrogen) atoms. The molecule has 0 spiro atoms. The van der Waals surface area contributed by atoms with Gasteiger partial charge in [0.05, 0.1) is 15.4 Å². The van der Waals surface area contributed by atoms with Crippen molar-refractivity contribution < 1.29 is 8.42 Å². The van der Waals surface area contributed by atoms with E-state index in [0.717, 1.165) is 43.3 Å². The molecule has 1 aromatic heterocycles. The number of hydrogen-bond donors (Lipinski definition) is 0. The number of para-hydroxylation sites is 1. The number of rotatable bonds is 4. The van der Waals surface area contributed by atoms with Crippen LogP contribution >= 0.6 is 23.2 Å². The van der Waals surface area contributed by atoms with E-state index in [2.05, 4.69) is 4.90 Å². The first kappa shape index (κ1) is 21.6. The van der Waals surface area contributed by atoms with Crippen molar-refractivity contribution in [1.29, 1.82) is 5.26 Å². The molecule has 8 heteroatoms. The Morgan fingerprint density at radius 1 is 1.06 bits per heavy atom. The number of hydrogen-bond acceptors (Lipinski definition) is 5. The van der Waals surface area contributed by atoms with Crippen LogP contribution in [-0.4, -0.2) is 26.5 Å². The Balaban J connectivity index is 1.90. The second kappa shape index (κ2) is 8.88. The Hall–Kier alpha value is -2.59. The van der Waals surface area contributed by atoms with Crippen molar-refractivity contribution in [2.75, 3.05) is 18.0 Å². The fraction of sp³-hybridized carbons (Fsp3) is 0.217. The summed E-state index contributed by atoms with van der Waals surface area (Å²) < 4.78 is 26.4. The molecule has 5 nitrogen and oxygen atoms in total. The second-order valence-electron chi connectivity index (χ2n) is 7.34. The van der Waals surface area contributed by atoms with E-state index in [0.29, 0.717) is 11.4 Å². The second-order valence-corrected chi connectivity index (χ2v) is 10.1. The van der Waals surface area contributed by atoms with Crippen LogP contribution in [0.15, 0.2) is 58.3 Å². The van der Waals surface area contributed by atoms with Gasteiger partial charge in [0.15, 0.2) is 0 Å². The monoisotopic (exact) mass is 471 g/mol. The lowest BCUT2D eigenvalue weighted by Crippen LogP contribution is -2.30. The number of halogens is 2. The normalized spacial score (nSPS) is 15.1. The first-order chi connectivity index (χ1) is 14.9. The van der Waals surface area contributed by atoms with Crippen molar-refractivity contribution >= 4 is 55.8 Å². The van der Waals surface area contributed by atoms with Crippen LogP contribution in [0.1, 0.15) is 24.8 Å². The van der Waals surface area contributed by atoms with E-state index in [4.69, 9.17) is 28.2 Å². The topological polar surface area (TPSA) is 74.1 Å². The third kappa shape index (κ3) is 4.40. The zero-order valence-corrected chi connectivity index (χ0v) is 18.9. The van der Waals surface area contributed by atoms with Gasteiger partial charge in [-0.3, -0.25) is 0 Å². The molecular weight excluding hydrogens is 453 g/mol. The smallest absolute Gasteiger partial charge is 0.218 e. The molecule has 2 heterocycles. The number of pyridine rings is 1. The van der Waals surface area contributed by atoms with Gasteiger partial charge in [-0.1, -0.05) is 41.4 Å². The molecule has 3 aromatic rings. The van der Waals surface area contributed by atoms with Gasteiger partial charge in [-0.2, -0.15) is 5.26 Å². The van der Waals surface area contributed by atoms with E-state index < -0.39 is 14.7 Å². The Labute approximate surface area is 191 Å². The summed E-state index contributed by atoms with van der Waals surface area (Å²) >= 11 is 12.1. The molecule has 1 aliphatic heterocycles. The summed E-state index contributed by atoms with van der Waals surface area (Å²) in [6, 6.07) is 15.5. The highest BCUT2D eigenvalue weighted by Crippen LogP contribution is 2.33. The number of sulfone groups is 1. The van der Waals surface area contributed by atoms with Gasteiger partial charge in [0.2, 0.25) is 9.84 Å². The molecule has 4 rings (SSSR count). The predicted molar refractivity (Wildman–Crippen MR) is 125 cm³/mol. The number of nitriles is 1. The lowest BCUT2D eigenvalue weighted by Gasteiger charge is -2.29. The fourth-order valence-corrected chi connectivity index (χ4v) is 5.61. The standard InChI is InChI=1S/C23H19Cl2N3O2S/c24-18-8-9-20(25)22(14-18)31(29,30)19(15-26)13-17-12-16-6-2-3-7-21(16)27-23(17)28-10-4-1-5-11-28/h2-3,6-9,12-14H,1,4-5,10-11H2/b19-13+. The van der Waals surface area contributed by atoms with Gasteiger partial charge >= 0.3 is 0 Å². The first-order valence-corrected chi connectivity index (χ1v) is 12.1. The number of fused-ring (bicyclic) bond motifs is 1. The Morgan fingerprint density at radius 3 is 2.55 bits per heavy atom. The number of aromatic nitrogens is 1. The highest BCUT2D eigenvalue weighted by Gasteiger charge is 2.25. The SMILES string of the molecule is N#C/C(=C\c1cc2ccccc2nc1N1CCCCC1)S(=O)(=O)c1cc(Cl)ccc1Cl. The van der Waals surface area contributed by atoms with Gasteiger partial charge in [-0.05, 0) is 55.7 Å². The summed E-state index contributed by atoms with van der Waals surface area (Å²) in [4.78, 5) is 6.35. The van der Waals surface area contributed by atoms with Gasteiger partial charge in [-0.25, -0.2) is 13.4 Å².